The second-order valence-corrected chi connectivity index (χ2v) is 7.49. The zero-order chi connectivity index (χ0) is 17.9. The molecule has 0 atom stereocenters. The average Bonchev–Trinajstić information content (AvgIpc) is 2.63. The second kappa shape index (κ2) is 11.0. The van der Waals surface area contributed by atoms with Crippen molar-refractivity contribution >= 4 is 17.5 Å². The van der Waals surface area contributed by atoms with Gasteiger partial charge in [-0.15, -0.1) is 11.8 Å². The van der Waals surface area contributed by atoms with Crippen molar-refractivity contribution in [3.05, 3.63) is 59.7 Å². The molecule has 0 aromatic heterocycles. The van der Waals surface area contributed by atoms with Gasteiger partial charge in [-0.1, -0.05) is 30.3 Å². The number of methoxy groups -OCH3 is 1. The molecule has 0 spiro atoms. The van der Waals surface area contributed by atoms with Crippen LogP contribution < -0.4 is 4.74 Å². The Hall–Kier alpha value is -1.74. The maximum atomic E-state index is 12.0. The quantitative estimate of drug-likeness (QED) is 0.373. The van der Waals surface area contributed by atoms with E-state index in [1.165, 1.54) is 16.0 Å². The van der Waals surface area contributed by atoms with Gasteiger partial charge < -0.3 is 4.74 Å². The zero-order valence-corrected chi connectivity index (χ0v) is 16.1. The molecule has 0 radical (unpaired) electrons. The number of carbonyl (C=O) groups is 1. The Bertz CT molecular complexity index is 652. The van der Waals surface area contributed by atoms with Gasteiger partial charge in [0.15, 0.2) is 0 Å². The maximum absolute atomic E-state index is 12.0. The highest BCUT2D eigenvalue weighted by Gasteiger charge is 2.06. The van der Waals surface area contributed by atoms with E-state index in [-0.39, 0.29) is 0 Å². The lowest BCUT2D eigenvalue weighted by molar-refractivity contribution is -0.119. The van der Waals surface area contributed by atoms with Crippen molar-refractivity contribution in [2.45, 2.75) is 50.3 Å². The summed E-state index contributed by atoms with van der Waals surface area (Å²) in [6.07, 6.45) is 5.27. The summed E-state index contributed by atoms with van der Waals surface area (Å²) in [5.74, 6) is 2.40. The zero-order valence-electron chi connectivity index (χ0n) is 15.3. The molecule has 25 heavy (non-hydrogen) atoms. The van der Waals surface area contributed by atoms with Crippen LogP contribution in [0.3, 0.4) is 0 Å². The van der Waals surface area contributed by atoms with Crippen LogP contribution in [0.15, 0.2) is 53.4 Å². The van der Waals surface area contributed by atoms with Crippen LogP contribution in [-0.4, -0.2) is 18.6 Å². The summed E-state index contributed by atoms with van der Waals surface area (Å²) in [7, 11) is 1.71. The largest absolute Gasteiger partial charge is 0.496 e. The van der Waals surface area contributed by atoms with Crippen molar-refractivity contribution in [3.8, 4) is 5.75 Å². The molecule has 0 aliphatic carbocycles. The fourth-order valence-corrected chi connectivity index (χ4v) is 3.72. The minimum Gasteiger partial charge on any atom is -0.496 e. The molecule has 3 heteroatoms. The van der Waals surface area contributed by atoms with Crippen LogP contribution in [0.25, 0.3) is 0 Å². The predicted molar refractivity (Wildman–Crippen MR) is 107 cm³/mol. The number of aryl methyl sites for hydroxylation is 2. The fourth-order valence-electron chi connectivity index (χ4n) is 2.79. The highest BCUT2D eigenvalue weighted by atomic mass is 32.2. The Kier molecular flexibility index (Phi) is 8.61. The summed E-state index contributed by atoms with van der Waals surface area (Å²) in [6, 6.07) is 16.7. The predicted octanol–water partition coefficient (Wildman–Crippen LogP) is 5.86. The Balaban J connectivity index is 1.58. The number of unbranched alkanes of at least 4 members (excludes halogenated alkanes) is 1. The van der Waals surface area contributed by atoms with Gasteiger partial charge in [0.05, 0.1) is 7.11 Å². The molecule has 0 saturated carbocycles. The number of benzene rings is 2. The molecule has 0 heterocycles. The van der Waals surface area contributed by atoms with Crippen LogP contribution in [0.2, 0.25) is 0 Å². The summed E-state index contributed by atoms with van der Waals surface area (Å²) < 4.78 is 5.42. The summed E-state index contributed by atoms with van der Waals surface area (Å²) in [6.45, 7) is 2.06. The van der Waals surface area contributed by atoms with Gasteiger partial charge in [0.1, 0.15) is 11.5 Å². The number of hydrogen-bond acceptors (Lipinski definition) is 3. The lowest BCUT2D eigenvalue weighted by Crippen LogP contribution is -2.00. The maximum Gasteiger partial charge on any atom is 0.132 e. The minimum atomic E-state index is 0.385. The van der Waals surface area contributed by atoms with Crippen LogP contribution in [-0.2, 0) is 11.2 Å². The summed E-state index contributed by atoms with van der Waals surface area (Å²) in [5.41, 5.74) is 2.39. The first-order chi connectivity index (χ1) is 12.2. The van der Waals surface area contributed by atoms with E-state index in [2.05, 4.69) is 49.4 Å². The lowest BCUT2D eigenvalue weighted by atomic mass is 10.0. The Morgan fingerprint density at radius 3 is 2.52 bits per heavy atom. The van der Waals surface area contributed by atoms with Gasteiger partial charge >= 0.3 is 0 Å². The van der Waals surface area contributed by atoms with Gasteiger partial charge in [0.2, 0.25) is 0 Å². The molecule has 2 aromatic rings. The number of ketones is 1. The number of Topliss-reactive ketones (excluding diaryl/α,β-unsaturated/α-hetero) is 1. The SMILES string of the molecule is COc1cc(C)ccc1CCCC(=O)CCCCSc1ccccc1. The molecule has 0 saturated heterocycles. The van der Waals surface area contributed by atoms with E-state index in [1.807, 2.05) is 17.8 Å². The normalized spacial score (nSPS) is 10.6. The van der Waals surface area contributed by atoms with Crippen LogP contribution in [0, 0.1) is 6.92 Å². The van der Waals surface area contributed by atoms with Crippen molar-refractivity contribution in [2.24, 2.45) is 0 Å². The van der Waals surface area contributed by atoms with Gasteiger partial charge in [-0.3, -0.25) is 4.79 Å². The number of ether oxygens (including phenoxy) is 1. The van der Waals surface area contributed by atoms with Gasteiger partial charge in [0.25, 0.3) is 0 Å². The molecule has 134 valence electrons. The second-order valence-electron chi connectivity index (χ2n) is 6.33. The highest BCUT2D eigenvalue weighted by Crippen LogP contribution is 2.22. The van der Waals surface area contributed by atoms with Crippen molar-refractivity contribution in [1.82, 2.24) is 0 Å². The molecular weight excluding hydrogens is 328 g/mol. The van der Waals surface area contributed by atoms with Crippen molar-refractivity contribution < 1.29 is 9.53 Å². The molecule has 0 aliphatic rings. The van der Waals surface area contributed by atoms with E-state index >= 15 is 0 Å². The third-order valence-corrected chi connectivity index (χ3v) is 5.30. The smallest absolute Gasteiger partial charge is 0.132 e. The highest BCUT2D eigenvalue weighted by molar-refractivity contribution is 7.99. The molecule has 0 fully saturated rings. The molecule has 0 unspecified atom stereocenters. The molecule has 2 aromatic carbocycles. The van der Waals surface area contributed by atoms with Crippen molar-refractivity contribution in [1.29, 1.82) is 0 Å². The molecule has 2 nitrogen and oxygen atoms in total. The monoisotopic (exact) mass is 356 g/mol. The van der Waals surface area contributed by atoms with Crippen LogP contribution in [0.4, 0.5) is 0 Å². The number of thioether (sulfide) groups is 1. The number of hydrogen-bond donors (Lipinski definition) is 0. The van der Waals surface area contributed by atoms with E-state index in [1.54, 1.807) is 7.11 Å². The first-order valence-corrected chi connectivity index (χ1v) is 10.0. The van der Waals surface area contributed by atoms with Gasteiger partial charge in [-0.2, -0.15) is 0 Å². The molecule has 2 rings (SSSR count). The molecule has 0 aliphatic heterocycles. The van der Waals surface area contributed by atoms with Crippen LogP contribution in [0.1, 0.15) is 43.2 Å². The standard InChI is InChI=1S/C22H28O2S/c1-18-14-15-19(22(17-18)24-2)9-8-11-20(23)10-6-7-16-25-21-12-4-3-5-13-21/h3-5,12-15,17H,6-11,16H2,1-2H3. The average molecular weight is 357 g/mol. The third-order valence-electron chi connectivity index (χ3n) is 4.21. The minimum absolute atomic E-state index is 0.385. The first-order valence-electron chi connectivity index (χ1n) is 9.02. The van der Waals surface area contributed by atoms with Crippen LogP contribution >= 0.6 is 11.8 Å². The summed E-state index contributed by atoms with van der Waals surface area (Å²) in [4.78, 5) is 13.3. The van der Waals surface area contributed by atoms with Crippen LogP contribution in [0.5, 0.6) is 5.75 Å². The first kappa shape index (κ1) is 19.6. The van der Waals surface area contributed by atoms with E-state index < -0.39 is 0 Å². The Labute approximate surface area is 156 Å². The van der Waals surface area contributed by atoms with Crippen molar-refractivity contribution in [2.75, 3.05) is 12.9 Å². The van der Waals surface area contributed by atoms with E-state index in [0.29, 0.717) is 18.6 Å². The molecule has 0 bridgehead atoms. The van der Waals surface area contributed by atoms with Gasteiger partial charge in [-0.25, -0.2) is 0 Å². The van der Waals surface area contributed by atoms with Crippen molar-refractivity contribution in [3.63, 3.8) is 0 Å². The van der Waals surface area contributed by atoms with E-state index in [0.717, 1.165) is 37.2 Å². The molecule has 0 N–H and O–H groups in total. The summed E-state index contributed by atoms with van der Waals surface area (Å²) >= 11 is 1.87. The fraction of sp³-hybridized carbons (Fsp3) is 0.409. The van der Waals surface area contributed by atoms with Gasteiger partial charge in [-0.05, 0) is 67.7 Å². The molecular formula is C22H28O2S. The number of carbonyl (C=O) groups excluding carboxylic acids is 1. The topological polar surface area (TPSA) is 26.3 Å². The lowest BCUT2D eigenvalue weighted by Gasteiger charge is -2.09. The Morgan fingerprint density at radius 1 is 1.00 bits per heavy atom. The summed E-state index contributed by atoms with van der Waals surface area (Å²) in [5, 5.41) is 0. The number of rotatable bonds is 11. The third kappa shape index (κ3) is 7.35. The molecule has 0 amide bonds. The van der Waals surface area contributed by atoms with E-state index in [9.17, 15) is 4.79 Å². The van der Waals surface area contributed by atoms with E-state index in [4.69, 9.17) is 4.74 Å². The Morgan fingerprint density at radius 2 is 1.76 bits per heavy atom. The van der Waals surface area contributed by atoms with Gasteiger partial charge in [0, 0.05) is 17.7 Å².